The van der Waals surface area contributed by atoms with Gasteiger partial charge >= 0.3 is 0 Å². The minimum absolute atomic E-state index is 0.266. The highest BCUT2D eigenvalue weighted by Gasteiger charge is 2.08. The van der Waals surface area contributed by atoms with E-state index in [-0.39, 0.29) is 13.2 Å². The van der Waals surface area contributed by atoms with Crippen LogP contribution in [-0.2, 0) is 13.2 Å². The van der Waals surface area contributed by atoms with E-state index in [0.29, 0.717) is 40.1 Å². The van der Waals surface area contributed by atoms with Crippen molar-refractivity contribution in [2.45, 2.75) is 13.2 Å². The average molecular weight is 438 g/mol. The predicted octanol–water partition coefficient (Wildman–Crippen LogP) is 4.69. The lowest BCUT2D eigenvalue weighted by atomic mass is 10.2. The first-order valence-electron chi connectivity index (χ1n) is 9.86. The van der Waals surface area contributed by atoms with Crippen LogP contribution in [0.1, 0.15) is 21.5 Å². The summed E-state index contributed by atoms with van der Waals surface area (Å²) in [7, 11) is 6.37. The minimum atomic E-state index is 0.266. The van der Waals surface area contributed by atoms with Crippen LogP contribution in [0.15, 0.2) is 54.6 Å². The molecule has 3 rings (SSSR count). The molecule has 0 unspecified atom stereocenters. The molecular weight excluding hydrogens is 412 g/mol. The molecule has 0 aliphatic heterocycles. The summed E-state index contributed by atoms with van der Waals surface area (Å²) < 4.78 is 33.0. The molecule has 32 heavy (non-hydrogen) atoms. The molecule has 0 amide bonds. The molecule has 0 bridgehead atoms. The summed E-state index contributed by atoms with van der Waals surface area (Å²) in [6.45, 7) is 0.533. The van der Waals surface area contributed by atoms with E-state index in [1.807, 2.05) is 24.3 Å². The maximum absolute atomic E-state index is 11.4. The number of hydrogen-bond donors (Lipinski definition) is 0. The van der Waals surface area contributed by atoms with Gasteiger partial charge < -0.3 is 28.4 Å². The molecule has 7 heteroatoms. The Balaban J connectivity index is 1.74. The molecule has 0 aliphatic rings. The molecule has 0 fully saturated rings. The van der Waals surface area contributed by atoms with Gasteiger partial charge in [-0.15, -0.1) is 0 Å². The molecule has 0 saturated carbocycles. The fourth-order valence-electron chi connectivity index (χ4n) is 3.06. The van der Waals surface area contributed by atoms with Crippen LogP contribution in [0.4, 0.5) is 0 Å². The second kappa shape index (κ2) is 10.9. The Morgan fingerprint density at radius 1 is 0.531 bits per heavy atom. The molecule has 0 radical (unpaired) electrons. The summed E-state index contributed by atoms with van der Waals surface area (Å²) in [6, 6.07) is 16.1. The zero-order valence-corrected chi connectivity index (χ0v) is 18.5. The van der Waals surface area contributed by atoms with E-state index in [1.165, 1.54) is 0 Å². The van der Waals surface area contributed by atoms with Crippen LogP contribution in [0.25, 0.3) is 0 Å². The van der Waals surface area contributed by atoms with E-state index in [4.69, 9.17) is 28.4 Å². The average Bonchev–Trinajstić information content (AvgIpc) is 2.85. The Kier molecular flexibility index (Phi) is 7.80. The van der Waals surface area contributed by atoms with Crippen molar-refractivity contribution in [2.75, 3.05) is 28.4 Å². The molecule has 3 aromatic carbocycles. The van der Waals surface area contributed by atoms with Crippen molar-refractivity contribution in [3.8, 4) is 34.5 Å². The minimum Gasteiger partial charge on any atom is -0.497 e. The van der Waals surface area contributed by atoms with Gasteiger partial charge in [-0.3, -0.25) is 4.79 Å². The number of ether oxygens (including phenoxy) is 6. The second-order valence-corrected chi connectivity index (χ2v) is 6.87. The van der Waals surface area contributed by atoms with Gasteiger partial charge in [-0.05, 0) is 47.5 Å². The molecule has 0 N–H and O–H groups in total. The molecule has 0 atom stereocenters. The van der Waals surface area contributed by atoms with E-state index < -0.39 is 0 Å². The number of carbonyl (C=O) groups is 1. The molecule has 0 aromatic heterocycles. The summed E-state index contributed by atoms with van der Waals surface area (Å²) in [6.07, 6.45) is 0.753. The van der Waals surface area contributed by atoms with Gasteiger partial charge in [0.1, 0.15) is 54.0 Å². The van der Waals surface area contributed by atoms with Gasteiger partial charge in [0.05, 0.1) is 28.4 Å². The van der Waals surface area contributed by atoms with Crippen LogP contribution >= 0.6 is 0 Å². The zero-order valence-electron chi connectivity index (χ0n) is 18.5. The maximum atomic E-state index is 11.4. The van der Waals surface area contributed by atoms with Crippen molar-refractivity contribution in [3.63, 3.8) is 0 Å². The number of benzene rings is 3. The van der Waals surface area contributed by atoms with Gasteiger partial charge in [0.15, 0.2) is 0 Å². The number of methoxy groups -OCH3 is 4. The van der Waals surface area contributed by atoms with Gasteiger partial charge in [0.25, 0.3) is 0 Å². The van der Waals surface area contributed by atoms with Crippen molar-refractivity contribution in [2.24, 2.45) is 0 Å². The summed E-state index contributed by atoms with van der Waals surface area (Å²) >= 11 is 0. The fraction of sp³-hybridized carbons (Fsp3) is 0.240. The summed E-state index contributed by atoms with van der Waals surface area (Å²) in [5, 5.41) is 0. The molecule has 0 aliphatic carbocycles. The Hall–Kier alpha value is -3.87. The van der Waals surface area contributed by atoms with Crippen LogP contribution in [0.2, 0.25) is 0 Å². The number of aldehydes is 1. The molecular formula is C25H26O7. The molecule has 7 nitrogen and oxygen atoms in total. The first kappa shape index (κ1) is 22.8. The van der Waals surface area contributed by atoms with E-state index in [0.717, 1.165) is 17.4 Å². The summed E-state index contributed by atoms with van der Waals surface area (Å²) in [5.41, 5.74) is 2.18. The largest absolute Gasteiger partial charge is 0.497 e. The van der Waals surface area contributed by atoms with Crippen LogP contribution in [0.5, 0.6) is 34.5 Å². The third-order valence-electron chi connectivity index (χ3n) is 4.67. The molecule has 0 spiro atoms. The SMILES string of the molecule is COc1cc(COc2cc(C=O)cc(OCc3cc(OC)cc(OC)c3)c2)cc(OC)c1. The Morgan fingerprint density at radius 2 is 0.875 bits per heavy atom. The maximum Gasteiger partial charge on any atom is 0.150 e. The quantitative estimate of drug-likeness (QED) is 0.402. The Morgan fingerprint density at radius 3 is 1.19 bits per heavy atom. The van der Waals surface area contributed by atoms with Crippen molar-refractivity contribution < 1.29 is 33.2 Å². The van der Waals surface area contributed by atoms with E-state index >= 15 is 0 Å². The highest BCUT2D eigenvalue weighted by atomic mass is 16.5. The van der Waals surface area contributed by atoms with Crippen LogP contribution < -0.4 is 28.4 Å². The van der Waals surface area contributed by atoms with E-state index in [9.17, 15) is 4.79 Å². The molecule has 0 heterocycles. The van der Waals surface area contributed by atoms with Gasteiger partial charge in [0.2, 0.25) is 0 Å². The van der Waals surface area contributed by atoms with Crippen LogP contribution in [0, 0.1) is 0 Å². The second-order valence-electron chi connectivity index (χ2n) is 6.87. The van der Waals surface area contributed by atoms with Crippen molar-refractivity contribution >= 4 is 6.29 Å². The topological polar surface area (TPSA) is 72.5 Å². The van der Waals surface area contributed by atoms with Gasteiger partial charge in [-0.1, -0.05) is 0 Å². The first-order valence-corrected chi connectivity index (χ1v) is 9.86. The standard InChI is InChI=1S/C25H26O7/c1-27-20-7-18(8-21(11-20)28-2)15-31-24-5-17(14-26)6-25(13-24)32-16-19-9-22(29-3)12-23(10-19)30-4/h5-14H,15-16H2,1-4H3. The zero-order chi connectivity index (χ0) is 22.9. The fourth-order valence-corrected chi connectivity index (χ4v) is 3.06. The third-order valence-corrected chi connectivity index (χ3v) is 4.67. The molecule has 168 valence electrons. The number of rotatable bonds is 11. The smallest absolute Gasteiger partial charge is 0.150 e. The Bertz CT molecular complexity index is 940. The van der Waals surface area contributed by atoms with Crippen molar-refractivity contribution in [1.29, 1.82) is 0 Å². The van der Waals surface area contributed by atoms with Gasteiger partial charge in [-0.2, -0.15) is 0 Å². The lowest BCUT2D eigenvalue weighted by Crippen LogP contribution is -2.00. The van der Waals surface area contributed by atoms with Crippen molar-refractivity contribution in [1.82, 2.24) is 0 Å². The lowest BCUT2D eigenvalue weighted by Gasteiger charge is -2.13. The molecule has 3 aromatic rings. The monoisotopic (exact) mass is 438 g/mol. The van der Waals surface area contributed by atoms with Gasteiger partial charge in [0, 0.05) is 23.8 Å². The number of hydrogen-bond acceptors (Lipinski definition) is 7. The highest BCUT2D eigenvalue weighted by Crippen LogP contribution is 2.28. The summed E-state index contributed by atoms with van der Waals surface area (Å²) in [5.74, 6) is 3.69. The number of carbonyl (C=O) groups excluding carboxylic acids is 1. The van der Waals surface area contributed by atoms with E-state index in [1.54, 1.807) is 58.8 Å². The first-order chi connectivity index (χ1) is 15.6. The highest BCUT2D eigenvalue weighted by molar-refractivity contribution is 5.76. The normalized spacial score (nSPS) is 10.2. The summed E-state index contributed by atoms with van der Waals surface area (Å²) in [4.78, 5) is 11.4. The predicted molar refractivity (Wildman–Crippen MR) is 120 cm³/mol. The van der Waals surface area contributed by atoms with Crippen molar-refractivity contribution in [3.05, 3.63) is 71.3 Å². The lowest BCUT2D eigenvalue weighted by molar-refractivity contribution is 0.112. The third kappa shape index (κ3) is 6.07. The molecule has 0 saturated heterocycles. The van der Waals surface area contributed by atoms with Crippen LogP contribution in [-0.4, -0.2) is 34.7 Å². The van der Waals surface area contributed by atoms with E-state index in [2.05, 4.69) is 0 Å². The van der Waals surface area contributed by atoms with Crippen LogP contribution in [0.3, 0.4) is 0 Å². The van der Waals surface area contributed by atoms with Gasteiger partial charge in [-0.25, -0.2) is 0 Å². The Labute approximate surface area is 187 Å².